The lowest BCUT2D eigenvalue weighted by Crippen LogP contribution is -2.25. The fraction of sp³-hybridized carbons (Fsp3) is 0.444. The summed E-state index contributed by atoms with van der Waals surface area (Å²) in [4.78, 5) is 17.9. The number of carbonyl (C=O) groups is 1. The van der Waals surface area contributed by atoms with Crippen LogP contribution < -0.4 is 9.64 Å². The summed E-state index contributed by atoms with van der Waals surface area (Å²) in [6.07, 6.45) is -1.82. The molecule has 1 aromatic rings. The maximum absolute atomic E-state index is 12.3. The van der Waals surface area contributed by atoms with E-state index in [4.69, 9.17) is 4.74 Å². The van der Waals surface area contributed by atoms with Gasteiger partial charge in [0.05, 0.1) is 6.61 Å². The van der Waals surface area contributed by atoms with E-state index in [1.165, 1.54) is 18.2 Å². The average molecular weight is 370 g/mol. The Bertz CT molecular complexity index is 727. The summed E-state index contributed by atoms with van der Waals surface area (Å²) in [5.41, 5.74) is 1.92. The summed E-state index contributed by atoms with van der Waals surface area (Å²) in [6.45, 7) is 6.13. The SMILES string of the molecule is CCOC(=O)C=C(C)/N=C1\CCCN1c1ccc(OC(F)(F)F)cc1C. The molecule has 0 spiro atoms. The topological polar surface area (TPSA) is 51.1 Å². The third-order valence-electron chi connectivity index (χ3n) is 3.71. The zero-order chi connectivity index (χ0) is 19.3. The summed E-state index contributed by atoms with van der Waals surface area (Å²) < 4.78 is 45.8. The first kappa shape index (κ1) is 19.8. The quantitative estimate of drug-likeness (QED) is 0.571. The van der Waals surface area contributed by atoms with Gasteiger partial charge in [0.25, 0.3) is 0 Å². The Morgan fingerprint density at radius 1 is 1.38 bits per heavy atom. The fourth-order valence-corrected chi connectivity index (χ4v) is 2.75. The van der Waals surface area contributed by atoms with Crippen LogP contribution in [0.25, 0.3) is 0 Å². The van der Waals surface area contributed by atoms with Gasteiger partial charge in [-0.15, -0.1) is 13.2 Å². The number of rotatable bonds is 5. The van der Waals surface area contributed by atoms with Gasteiger partial charge in [0, 0.05) is 30.4 Å². The van der Waals surface area contributed by atoms with E-state index >= 15 is 0 Å². The van der Waals surface area contributed by atoms with Crippen LogP contribution in [0.1, 0.15) is 32.3 Å². The Morgan fingerprint density at radius 2 is 2.12 bits per heavy atom. The number of hydrogen-bond acceptors (Lipinski definition) is 4. The van der Waals surface area contributed by atoms with E-state index in [1.54, 1.807) is 26.8 Å². The van der Waals surface area contributed by atoms with Gasteiger partial charge in [-0.05, 0) is 51.0 Å². The molecule has 0 N–H and O–H groups in total. The van der Waals surface area contributed by atoms with Gasteiger partial charge < -0.3 is 14.4 Å². The van der Waals surface area contributed by atoms with Crippen molar-refractivity contribution in [3.05, 3.63) is 35.5 Å². The molecule has 1 aliphatic heterocycles. The number of halogens is 3. The Morgan fingerprint density at radius 3 is 2.73 bits per heavy atom. The molecule has 1 aliphatic rings. The highest BCUT2D eigenvalue weighted by molar-refractivity contribution is 6.01. The molecule has 0 unspecified atom stereocenters. The van der Waals surface area contributed by atoms with Crippen molar-refractivity contribution in [1.82, 2.24) is 0 Å². The second kappa shape index (κ2) is 8.25. The average Bonchev–Trinajstić information content (AvgIpc) is 2.93. The van der Waals surface area contributed by atoms with E-state index in [1.807, 2.05) is 4.90 Å². The molecule has 0 saturated carbocycles. The van der Waals surface area contributed by atoms with Gasteiger partial charge in [0.15, 0.2) is 0 Å². The Kier molecular flexibility index (Phi) is 6.28. The fourth-order valence-electron chi connectivity index (χ4n) is 2.75. The third kappa shape index (κ3) is 5.50. The van der Waals surface area contributed by atoms with Crippen LogP contribution in [0.2, 0.25) is 0 Å². The highest BCUT2D eigenvalue weighted by Crippen LogP contribution is 2.31. The number of allylic oxidation sites excluding steroid dienone is 1. The van der Waals surface area contributed by atoms with Crippen molar-refractivity contribution in [2.24, 2.45) is 4.99 Å². The second-order valence-corrected chi connectivity index (χ2v) is 5.82. The third-order valence-corrected chi connectivity index (χ3v) is 3.71. The van der Waals surface area contributed by atoms with Gasteiger partial charge in [-0.2, -0.15) is 0 Å². The lowest BCUT2D eigenvalue weighted by Gasteiger charge is -2.22. The number of alkyl halides is 3. The minimum Gasteiger partial charge on any atom is -0.463 e. The number of aryl methyl sites for hydroxylation is 1. The van der Waals surface area contributed by atoms with Crippen LogP contribution >= 0.6 is 0 Å². The lowest BCUT2D eigenvalue weighted by atomic mass is 10.1. The predicted molar refractivity (Wildman–Crippen MR) is 92.3 cm³/mol. The minimum absolute atomic E-state index is 0.255. The molecule has 1 aromatic carbocycles. The van der Waals surface area contributed by atoms with Gasteiger partial charge in [-0.3, -0.25) is 0 Å². The summed E-state index contributed by atoms with van der Waals surface area (Å²) >= 11 is 0. The van der Waals surface area contributed by atoms with Gasteiger partial charge in [-0.1, -0.05) is 0 Å². The molecule has 2 rings (SSSR count). The normalized spacial score (nSPS) is 16.9. The molecule has 5 nitrogen and oxygen atoms in total. The number of nitrogens with zero attached hydrogens (tertiary/aromatic N) is 2. The number of aliphatic imine (C=N–C) groups is 1. The summed E-state index contributed by atoms with van der Waals surface area (Å²) in [6, 6.07) is 4.22. The highest BCUT2D eigenvalue weighted by Gasteiger charge is 2.31. The first-order valence-corrected chi connectivity index (χ1v) is 8.26. The number of esters is 1. The van der Waals surface area contributed by atoms with E-state index < -0.39 is 12.3 Å². The molecule has 0 amide bonds. The maximum Gasteiger partial charge on any atom is 0.573 e. The molecular weight excluding hydrogens is 349 g/mol. The van der Waals surface area contributed by atoms with Crippen LogP contribution in [0.5, 0.6) is 5.75 Å². The van der Waals surface area contributed by atoms with Crippen molar-refractivity contribution in [2.75, 3.05) is 18.1 Å². The summed E-state index contributed by atoms with van der Waals surface area (Å²) in [5, 5.41) is 0. The van der Waals surface area contributed by atoms with Crippen LogP contribution in [0.3, 0.4) is 0 Å². The molecule has 8 heteroatoms. The Hall–Kier alpha value is -2.51. The number of amidine groups is 1. The monoisotopic (exact) mass is 370 g/mol. The van der Waals surface area contributed by atoms with Crippen LogP contribution in [0.4, 0.5) is 18.9 Å². The van der Waals surface area contributed by atoms with Crippen LogP contribution in [0, 0.1) is 6.92 Å². The van der Waals surface area contributed by atoms with Crippen molar-refractivity contribution >= 4 is 17.5 Å². The van der Waals surface area contributed by atoms with E-state index in [0.717, 1.165) is 17.9 Å². The molecular formula is C18H21F3N2O3. The summed E-state index contributed by atoms with van der Waals surface area (Å²) in [7, 11) is 0. The van der Waals surface area contributed by atoms with E-state index in [2.05, 4.69) is 9.73 Å². The molecule has 1 heterocycles. The van der Waals surface area contributed by atoms with Crippen molar-refractivity contribution in [1.29, 1.82) is 0 Å². The minimum atomic E-state index is -4.72. The molecule has 0 radical (unpaired) electrons. The second-order valence-electron chi connectivity index (χ2n) is 5.82. The zero-order valence-electron chi connectivity index (χ0n) is 14.9. The van der Waals surface area contributed by atoms with Crippen LogP contribution in [-0.2, 0) is 9.53 Å². The van der Waals surface area contributed by atoms with Gasteiger partial charge in [0.1, 0.15) is 11.6 Å². The molecule has 0 aromatic heterocycles. The maximum atomic E-state index is 12.3. The molecule has 0 atom stereocenters. The first-order valence-electron chi connectivity index (χ1n) is 8.26. The predicted octanol–water partition coefficient (Wildman–Crippen LogP) is 4.36. The largest absolute Gasteiger partial charge is 0.573 e. The number of ether oxygens (including phenoxy) is 2. The molecule has 0 aliphatic carbocycles. The van der Waals surface area contributed by atoms with Crippen LogP contribution in [-0.4, -0.2) is 31.3 Å². The van der Waals surface area contributed by atoms with E-state index in [0.29, 0.717) is 24.2 Å². The van der Waals surface area contributed by atoms with Gasteiger partial charge in [0.2, 0.25) is 0 Å². The first-order chi connectivity index (χ1) is 12.2. The zero-order valence-corrected chi connectivity index (χ0v) is 14.9. The van der Waals surface area contributed by atoms with E-state index in [9.17, 15) is 18.0 Å². The molecule has 1 saturated heterocycles. The van der Waals surface area contributed by atoms with Crippen molar-refractivity contribution in [3.63, 3.8) is 0 Å². The van der Waals surface area contributed by atoms with Crippen molar-refractivity contribution < 1.29 is 27.4 Å². The summed E-state index contributed by atoms with van der Waals surface area (Å²) in [5.74, 6) is 0.0502. The molecule has 142 valence electrons. The molecule has 0 bridgehead atoms. The number of benzene rings is 1. The molecule has 26 heavy (non-hydrogen) atoms. The van der Waals surface area contributed by atoms with E-state index in [-0.39, 0.29) is 12.4 Å². The van der Waals surface area contributed by atoms with Gasteiger partial charge in [-0.25, -0.2) is 9.79 Å². The highest BCUT2D eigenvalue weighted by atomic mass is 19.4. The van der Waals surface area contributed by atoms with Crippen LogP contribution in [0.15, 0.2) is 35.0 Å². The smallest absolute Gasteiger partial charge is 0.463 e. The number of carbonyl (C=O) groups excluding carboxylic acids is 1. The molecule has 1 fully saturated rings. The van der Waals surface area contributed by atoms with Gasteiger partial charge >= 0.3 is 12.3 Å². The Balaban J connectivity index is 2.22. The van der Waals surface area contributed by atoms with Crippen molar-refractivity contribution in [3.8, 4) is 5.75 Å². The van der Waals surface area contributed by atoms with Crippen molar-refractivity contribution in [2.45, 2.75) is 40.0 Å². The standard InChI is InChI=1S/C18H21F3N2O3/c1-4-25-17(24)11-13(3)22-16-6-5-9-23(16)15-8-7-14(10-12(15)2)26-18(19,20)21/h7-8,10-11H,4-6,9H2,1-3H3/b13-11?,22-16+. The Labute approximate surface area is 150 Å². The lowest BCUT2D eigenvalue weighted by molar-refractivity contribution is -0.274. The number of anilines is 1. The number of hydrogen-bond donors (Lipinski definition) is 0.